The Labute approximate surface area is 163 Å². The van der Waals surface area contributed by atoms with E-state index < -0.39 is 0 Å². The normalized spacial score (nSPS) is 26.5. The average molecular weight is 397 g/mol. The third-order valence-corrected chi connectivity index (χ3v) is 5.71. The molecular weight excluding hydrogens is 375 g/mol. The maximum atomic E-state index is 12.4. The Kier molecular flexibility index (Phi) is 5.85. The van der Waals surface area contributed by atoms with Crippen molar-refractivity contribution >= 4 is 29.9 Å². The zero-order chi connectivity index (χ0) is 17.4. The van der Waals surface area contributed by atoms with Crippen LogP contribution in [0.4, 0.5) is 0 Å². The second-order valence-corrected chi connectivity index (χ2v) is 7.44. The smallest absolute Gasteiger partial charge is 0.228 e. The molecule has 6 nitrogen and oxygen atoms in total. The lowest BCUT2D eigenvalue weighted by atomic mass is 9.84. The Bertz CT molecular complexity index is 780. The number of aromatic nitrogens is 2. The zero-order valence-corrected chi connectivity index (χ0v) is 15.8. The van der Waals surface area contributed by atoms with Gasteiger partial charge in [-0.2, -0.15) is 4.98 Å². The van der Waals surface area contributed by atoms with Crippen molar-refractivity contribution in [3.8, 4) is 11.4 Å². The van der Waals surface area contributed by atoms with Crippen LogP contribution in [-0.4, -0.2) is 28.6 Å². The fourth-order valence-corrected chi connectivity index (χ4v) is 4.43. The average Bonchev–Trinajstić information content (AvgIpc) is 3.30. The number of amides is 1. The van der Waals surface area contributed by atoms with Crippen LogP contribution < -0.4 is 11.1 Å². The van der Waals surface area contributed by atoms with E-state index in [1.165, 1.54) is 6.42 Å². The molecule has 4 unspecified atom stereocenters. The predicted molar refractivity (Wildman–Crippen MR) is 101 cm³/mol. The largest absolute Gasteiger partial charge is 0.355 e. The number of benzene rings is 1. The van der Waals surface area contributed by atoms with Crippen molar-refractivity contribution in [1.29, 1.82) is 0 Å². The van der Waals surface area contributed by atoms with Crippen molar-refractivity contribution in [3.63, 3.8) is 0 Å². The lowest BCUT2D eigenvalue weighted by Crippen LogP contribution is -2.45. The van der Waals surface area contributed by atoms with Crippen molar-refractivity contribution in [1.82, 2.24) is 15.5 Å². The number of nitrogens with zero attached hydrogens (tertiary/aromatic N) is 2. The zero-order valence-electron chi connectivity index (χ0n) is 14.2. The summed E-state index contributed by atoms with van der Waals surface area (Å²) >= 11 is 5.98. The molecule has 4 atom stereocenters. The first kappa shape index (κ1) is 19.1. The quantitative estimate of drug-likeness (QED) is 0.809. The molecule has 0 radical (unpaired) electrons. The molecule has 0 spiro atoms. The van der Waals surface area contributed by atoms with Gasteiger partial charge >= 0.3 is 0 Å². The van der Waals surface area contributed by atoms with Gasteiger partial charge in [0.25, 0.3) is 0 Å². The Morgan fingerprint density at radius 2 is 2.15 bits per heavy atom. The highest BCUT2D eigenvalue weighted by Gasteiger charge is 2.48. The molecule has 2 aromatic rings. The summed E-state index contributed by atoms with van der Waals surface area (Å²) in [6, 6.07) is 7.30. The highest BCUT2D eigenvalue weighted by Crippen LogP contribution is 2.47. The minimum absolute atomic E-state index is 0. The van der Waals surface area contributed by atoms with Crippen LogP contribution in [-0.2, 0) is 11.2 Å². The summed E-state index contributed by atoms with van der Waals surface area (Å²) in [4.78, 5) is 16.8. The molecule has 1 aromatic carbocycles. The fraction of sp³-hybridized carbons (Fsp3) is 0.500. The second kappa shape index (κ2) is 7.94. The number of nitrogens with one attached hydrogen (secondary N) is 1. The van der Waals surface area contributed by atoms with Crippen molar-refractivity contribution < 1.29 is 9.32 Å². The van der Waals surface area contributed by atoms with Crippen LogP contribution in [0.1, 0.15) is 25.2 Å². The molecule has 2 aliphatic carbocycles. The number of carbonyl (C=O) groups excluding carboxylic acids is 1. The topological polar surface area (TPSA) is 94.0 Å². The van der Waals surface area contributed by atoms with Gasteiger partial charge in [0.15, 0.2) is 0 Å². The third-order valence-electron chi connectivity index (χ3n) is 5.47. The van der Waals surface area contributed by atoms with Gasteiger partial charge in [-0.05, 0) is 43.2 Å². The number of hydrogen-bond acceptors (Lipinski definition) is 5. The molecule has 3 N–H and O–H groups in total. The SMILES string of the molecule is Cl.NC1C2CCC(C2)C1C(=O)NCCc1nc(-c2cccc(Cl)c2)no1. The molecule has 1 amide bonds. The van der Waals surface area contributed by atoms with Gasteiger partial charge in [0.1, 0.15) is 0 Å². The van der Waals surface area contributed by atoms with Crippen LogP contribution in [0.3, 0.4) is 0 Å². The van der Waals surface area contributed by atoms with E-state index in [1.54, 1.807) is 12.1 Å². The van der Waals surface area contributed by atoms with E-state index in [9.17, 15) is 4.79 Å². The Morgan fingerprint density at radius 3 is 2.88 bits per heavy atom. The second-order valence-electron chi connectivity index (χ2n) is 7.00. The van der Waals surface area contributed by atoms with Crippen molar-refractivity contribution in [2.24, 2.45) is 23.5 Å². The first-order valence-corrected chi connectivity index (χ1v) is 9.11. The maximum Gasteiger partial charge on any atom is 0.228 e. The summed E-state index contributed by atoms with van der Waals surface area (Å²) in [6.07, 6.45) is 3.90. The van der Waals surface area contributed by atoms with Crippen LogP contribution in [0.25, 0.3) is 11.4 Å². The standard InChI is InChI=1S/C18H21ClN4O2.ClH/c19-13-3-1-2-12(9-13)17-22-14(25-23-17)6-7-21-18(24)15-10-4-5-11(8-10)16(15)20;/h1-3,9-11,15-16H,4-8,20H2,(H,21,24);1H. The molecule has 2 bridgehead atoms. The summed E-state index contributed by atoms with van der Waals surface area (Å²) in [6.45, 7) is 0.469. The van der Waals surface area contributed by atoms with Gasteiger partial charge in [0.05, 0.1) is 5.92 Å². The molecule has 8 heteroatoms. The number of fused-ring (bicyclic) bond motifs is 2. The van der Waals surface area contributed by atoms with Gasteiger partial charge in [-0.3, -0.25) is 4.79 Å². The number of halogens is 2. The van der Waals surface area contributed by atoms with Crippen LogP contribution in [0.5, 0.6) is 0 Å². The maximum absolute atomic E-state index is 12.4. The molecule has 26 heavy (non-hydrogen) atoms. The number of nitrogens with two attached hydrogens (primary N) is 1. The van der Waals surface area contributed by atoms with E-state index in [4.69, 9.17) is 21.9 Å². The molecular formula is C18H22Cl2N4O2. The van der Waals surface area contributed by atoms with Gasteiger partial charge in [0, 0.05) is 29.6 Å². The van der Waals surface area contributed by atoms with Gasteiger partial charge in [-0.15, -0.1) is 12.4 Å². The van der Waals surface area contributed by atoms with Crippen molar-refractivity contribution in [2.45, 2.75) is 31.7 Å². The predicted octanol–water partition coefficient (Wildman–Crippen LogP) is 2.84. The molecule has 4 rings (SSSR count). The number of carbonyl (C=O) groups is 1. The summed E-state index contributed by atoms with van der Waals surface area (Å²) < 4.78 is 5.26. The van der Waals surface area contributed by atoms with Crippen LogP contribution in [0.15, 0.2) is 28.8 Å². The fourth-order valence-electron chi connectivity index (χ4n) is 4.24. The van der Waals surface area contributed by atoms with Crippen molar-refractivity contribution in [3.05, 3.63) is 35.2 Å². The first-order valence-electron chi connectivity index (χ1n) is 8.73. The Balaban J connectivity index is 0.00000196. The Hall–Kier alpha value is -1.63. The summed E-state index contributed by atoms with van der Waals surface area (Å²) in [5.41, 5.74) is 7.02. The van der Waals surface area contributed by atoms with Crippen LogP contribution in [0, 0.1) is 17.8 Å². The molecule has 2 saturated carbocycles. The van der Waals surface area contributed by atoms with E-state index in [-0.39, 0.29) is 30.3 Å². The third kappa shape index (κ3) is 3.72. The molecule has 2 aliphatic rings. The number of hydrogen-bond donors (Lipinski definition) is 2. The Morgan fingerprint density at radius 1 is 1.35 bits per heavy atom. The van der Waals surface area contributed by atoms with E-state index in [0.29, 0.717) is 41.5 Å². The van der Waals surface area contributed by atoms with Gasteiger partial charge in [-0.1, -0.05) is 28.9 Å². The highest BCUT2D eigenvalue weighted by molar-refractivity contribution is 6.30. The van der Waals surface area contributed by atoms with Crippen LogP contribution in [0.2, 0.25) is 5.02 Å². The molecule has 0 saturated heterocycles. The van der Waals surface area contributed by atoms with Gasteiger partial charge in [-0.25, -0.2) is 0 Å². The van der Waals surface area contributed by atoms with E-state index in [1.807, 2.05) is 12.1 Å². The lowest BCUT2D eigenvalue weighted by molar-refractivity contribution is -0.127. The van der Waals surface area contributed by atoms with Crippen molar-refractivity contribution in [2.75, 3.05) is 6.54 Å². The molecule has 140 valence electrons. The molecule has 1 aromatic heterocycles. The highest BCUT2D eigenvalue weighted by atomic mass is 35.5. The first-order chi connectivity index (χ1) is 12.1. The summed E-state index contributed by atoms with van der Waals surface area (Å²) in [7, 11) is 0. The lowest BCUT2D eigenvalue weighted by Gasteiger charge is -2.26. The van der Waals surface area contributed by atoms with Crippen LogP contribution >= 0.6 is 24.0 Å². The minimum atomic E-state index is -0.0385. The monoisotopic (exact) mass is 396 g/mol. The summed E-state index contributed by atoms with van der Waals surface area (Å²) in [5.74, 6) is 2.00. The minimum Gasteiger partial charge on any atom is -0.355 e. The van der Waals surface area contributed by atoms with Gasteiger partial charge in [0.2, 0.25) is 17.6 Å². The summed E-state index contributed by atoms with van der Waals surface area (Å²) in [5, 5.41) is 7.57. The van der Waals surface area contributed by atoms with E-state index >= 15 is 0 Å². The van der Waals surface area contributed by atoms with Gasteiger partial charge < -0.3 is 15.6 Å². The number of rotatable bonds is 5. The van der Waals surface area contributed by atoms with E-state index in [0.717, 1.165) is 18.4 Å². The molecule has 0 aliphatic heterocycles. The van der Waals surface area contributed by atoms with E-state index in [2.05, 4.69) is 15.5 Å². The molecule has 1 heterocycles. The molecule has 2 fully saturated rings.